The van der Waals surface area contributed by atoms with Gasteiger partial charge in [-0.2, -0.15) is 0 Å². The lowest BCUT2D eigenvalue weighted by atomic mass is 10.0. The third kappa shape index (κ3) is 4.29. The second-order valence-corrected chi connectivity index (χ2v) is 9.20. The molecule has 1 fully saturated rings. The second kappa shape index (κ2) is 8.54. The van der Waals surface area contributed by atoms with Crippen LogP contribution in [0.3, 0.4) is 0 Å². The molecule has 3 aliphatic rings. The summed E-state index contributed by atoms with van der Waals surface area (Å²) in [6.07, 6.45) is 0. The minimum atomic E-state index is -3.75. The van der Waals surface area contributed by atoms with Gasteiger partial charge >= 0.3 is 0 Å². The van der Waals surface area contributed by atoms with E-state index in [1.165, 1.54) is 12.1 Å². The van der Waals surface area contributed by atoms with E-state index in [9.17, 15) is 8.42 Å². The number of fused-ring (bicyclic) bond motifs is 2. The van der Waals surface area contributed by atoms with E-state index < -0.39 is 10.0 Å². The van der Waals surface area contributed by atoms with E-state index in [1.54, 1.807) is 6.07 Å². The molecule has 0 aromatic heterocycles. The zero-order chi connectivity index (χ0) is 21.3. The van der Waals surface area contributed by atoms with Gasteiger partial charge in [-0.15, -0.1) is 0 Å². The van der Waals surface area contributed by atoms with E-state index in [0.29, 0.717) is 62.5 Å². The minimum absolute atomic E-state index is 0.142. The van der Waals surface area contributed by atoms with Crippen molar-refractivity contribution in [1.82, 2.24) is 9.62 Å². The molecule has 3 aliphatic heterocycles. The molecule has 2 aromatic rings. The molecule has 0 spiro atoms. The largest absolute Gasteiger partial charge is 0.486 e. The average molecular weight is 448 g/mol. The van der Waals surface area contributed by atoms with Gasteiger partial charge in [-0.25, -0.2) is 13.1 Å². The summed E-state index contributed by atoms with van der Waals surface area (Å²) in [6.45, 7) is 3.89. The molecular weight excluding hydrogens is 424 g/mol. The van der Waals surface area contributed by atoms with Crippen molar-refractivity contribution < 1.29 is 32.1 Å². The fraction of sp³-hybridized carbons (Fsp3) is 0.429. The van der Waals surface area contributed by atoms with Gasteiger partial charge < -0.3 is 23.7 Å². The highest BCUT2D eigenvalue weighted by Crippen LogP contribution is 2.36. The minimum Gasteiger partial charge on any atom is -0.486 e. The highest BCUT2D eigenvalue weighted by atomic mass is 32.2. The van der Waals surface area contributed by atoms with Gasteiger partial charge in [0, 0.05) is 31.7 Å². The Balaban J connectivity index is 1.37. The first kappa shape index (κ1) is 20.4. The van der Waals surface area contributed by atoms with Gasteiger partial charge in [0.25, 0.3) is 0 Å². The number of benzene rings is 2. The summed E-state index contributed by atoms with van der Waals surface area (Å²) >= 11 is 0. The monoisotopic (exact) mass is 448 g/mol. The van der Waals surface area contributed by atoms with Crippen molar-refractivity contribution in [3.63, 3.8) is 0 Å². The first-order chi connectivity index (χ1) is 15.1. The Labute approximate surface area is 180 Å². The Morgan fingerprint density at radius 1 is 0.839 bits per heavy atom. The summed E-state index contributed by atoms with van der Waals surface area (Å²) in [5.74, 6) is 2.36. The molecule has 166 valence electrons. The van der Waals surface area contributed by atoms with Crippen molar-refractivity contribution >= 4 is 10.0 Å². The van der Waals surface area contributed by atoms with Crippen LogP contribution in [0.25, 0.3) is 0 Å². The van der Waals surface area contributed by atoms with Gasteiger partial charge in [0.05, 0.1) is 18.1 Å². The topological polar surface area (TPSA) is 95.6 Å². The van der Waals surface area contributed by atoms with Gasteiger partial charge in [-0.3, -0.25) is 4.90 Å². The maximum Gasteiger partial charge on any atom is 0.240 e. The van der Waals surface area contributed by atoms with E-state index in [0.717, 1.165) is 5.56 Å². The highest BCUT2D eigenvalue weighted by molar-refractivity contribution is 7.89. The summed E-state index contributed by atoms with van der Waals surface area (Å²) in [4.78, 5) is 2.36. The molecule has 1 unspecified atom stereocenters. The highest BCUT2D eigenvalue weighted by Gasteiger charge is 2.27. The molecule has 0 saturated carbocycles. The van der Waals surface area contributed by atoms with Crippen LogP contribution in [0.1, 0.15) is 11.6 Å². The van der Waals surface area contributed by atoms with Crippen molar-refractivity contribution in [3.8, 4) is 23.0 Å². The number of sulfonamides is 1. The van der Waals surface area contributed by atoms with Crippen LogP contribution in [0.4, 0.5) is 0 Å². The van der Waals surface area contributed by atoms with Crippen molar-refractivity contribution in [2.45, 2.75) is 10.9 Å². The summed E-state index contributed by atoms with van der Waals surface area (Å²) in [5.41, 5.74) is 0.955. The Morgan fingerprint density at radius 2 is 1.52 bits per heavy atom. The summed E-state index contributed by atoms with van der Waals surface area (Å²) in [5, 5.41) is 0. The zero-order valence-corrected chi connectivity index (χ0v) is 17.7. The van der Waals surface area contributed by atoms with E-state index in [-0.39, 0.29) is 24.3 Å². The molecule has 3 heterocycles. The molecule has 0 amide bonds. The number of morpholine rings is 1. The molecule has 1 N–H and O–H groups in total. The van der Waals surface area contributed by atoms with E-state index in [4.69, 9.17) is 23.7 Å². The molecule has 5 rings (SSSR count). The smallest absolute Gasteiger partial charge is 0.240 e. The van der Waals surface area contributed by atoms with Crippen molar-refractivity contribution in [1.29, 1.82) is 0 Å². The van der Waals surface area contributed by atoms with E-state index >= 15 is 0 Å². The lowest BCUT2D eigenvalue weighted by molar-refractivity contribution is 0.0171. The number of nitrogens with zero attached hydrogens (tertiary/aromatic N) is 1. The lowest BCUT2D eigenvalue weighted by Crippen LogP contribution is -2.43. The molecule has 9 nitrogen and oxygen atoms in total. The molecular formula is C21H24N2O7S. The van der Waals surface area contributed by atoms with Crippen LogP contribution in [0.5, 0.6) is 23.0 Å². The molecule has 31 heavy (non-hydrogen) atoms. The zero-order valence-electron chi connectivity index (χ0n) is 16.9. The van der Waals surface area contributed by atoms with Gasteiger partial charge in [-0.1, -0.05) is 6.07 Å². The molecule has 1 atom stereocenters. The predicted octanol–water partition coefficient (Wildman–Crippen LogP) is 1.54. The third-order valence-corrected chi connectivity index (χ3v) is 6.98. The fourth-order valence-electron chi connectivity index (χ4n) is 3.93. The quantitative estimate of drug-likeness (QED) is 0.711. The average Bonchev–Trinajstić information content (AvgIpc) is 3.28. The van der Waals surface area contributed by atoms with Crippen molar-refractivity contribution in [3.05, 3.63) is 42.0 Å². The number of hydrogen-bond donors (Lipinski definition) is 1. The van der Waals surface area contributed by atoms with E-state index in [1.807, 2.05) is 18.2 Å². The summed E-state index contributed by atoms with van der Waals surface area (Å²) < 4.78 is 56.2. The Hall–Kier alpha value is -2.53. The van der Waals surface area contributed by atoms with Crippen LogP contribution in [0, 0.1) is 0 Å². The normalized spacial score (nSPS) is 19.2. The lowest BCUT2D eigenvalue weighted by Gasteiger charge is -2.35. The number of ether oxygens (including phenoxy) is 5. The fourth-order valence-corrected chi connectivity index (χ4v) is 4.98. The summed E-state index contributed by atoms with van der Waals surface area (Å²) in [7, 11) is -3.75. The maximum absolute atomic E-state index is 13.0. The number of rotatable bonds is 6. The van der Waals surface area contributed by atoms with Gasteiger partial charge in [0.15, 0.2) is 23.0 Å². The van der Waals surface area contributed by atoms with Crippen LogP contribution in [-0.4, -0.2) is 66.2 Å². The van der Waals surface area contributed by atoms with Gasteiger partial charge in [0.2, 0.25) is 16.8 Å². The molecule has 2 aromatic carbocycles. The maximum atomic E-state index is 13.0. The Kier molecular flexibility index (Phi) is 5.61. The predicted molar refractivity (Wildman–Crippen MR) is 110 cm³/mol. The van der Waals surface area contributed by atoms with Gasteiger partial charge in [-0.05, 0) is 29.8 Å². The standard InChI is InChI=1S/C21H24N2O7S/c24-31(25,16-2-4-18-21(12-16)28-10-9-27-18)22-13-17(23-5-7-26-8-6-23)15-1-3-19-20(11-15)30-14-29-19/h1-4,11-12,17,22H,5-10,13-14H2. The molecule has 0 bridgehead atoms. The van der Waals surface area contributed by atoms with Crippen LogP contribution < -0.4 is 23.7 Å². The Bertz CT molecular complexity index is 1050. The first-order valence-electron chi connectivity index (χ1n) is 10.2. The summed E-state index contributed by atoms with van der Waals surface area (Å²) in [6, 6.07) is 10.2. The van der Waals surface area contributed by atoms with E-state index in [2.05, 4.69) is 9.62 Å². The van der Waals surface area contributed by atoms with Crippen LogP contribution in [0.15, 0.2) is 41.3 Å². The molecule has 10 heteroatoms. The number of nitrogens with one attached hydrogen (secondary N) is 1. The van der Waals surface area contributed by atoms with Crippen LogP contribution in [0.2, 0.25) is 0 Å². The number of hydrogen-bond acceptors (Lipinski definition) is 8. The Morgan fingerprint density at radius 3 is 2.35 bits per heavy atom. The van der Waals surface area contributed by atoms with Crippen LogP contribution in [-0.2, 0) is 14.8 Å². The molecule has 1 saturated heterocycles. The molecule has 0 radical (unpaired) electrons. The second-order valence-electron chi connectivity index (χ2n) is 7.43. The third-order valence-electron chi connectivity index (χ3n) is 5.56. The van der Waals surface area contributed by atoms with Crippen molar-refractivity contribution in [2.75, 3.05) is 52.9 Å². The van der Waals surface area contributed by atoms with Crippen LogP contribution >= 0.6 is 0 Å². The van der Waals surface area contributed by atoms with Crippen molar-refractivity contribution in [2.24, 2.45) is 0 Å². The first-order valence-corrected chi connectivity index (χ1v) is 11.7. The molecule has 0 aliphatic carbocycles. The SMILES string of the molecule is O=S(=O)(NCC(c1ccc2c(c1)OCO2)N1CCOCC1)c1ccc2c(c1)OCCO2. The van der Waals surface area contributed by atoms with Gasteiger partial charge in [0.1, 0.15) is 13.2 Å².